The van der Waals surface area contributed by atoms with Gasteiger partial charge in [0.1, 0.15) is 5.82 Å². The van der Waals surface area contributed by atoms with Crippen LogP contribution in [0.3, 0.4) is 0 Å². The van der Waals surface area contributed by atoms with Crippen molar-refractivity contribution in [1.82, 2.24) is 20.1 Å². The molecule has 1 aromatic carbocycles. The Kier molecular flexibility index (Phi) is 6.70. The SMILES string of the molecule is CNCc1nnc(SCc2ccccc2C(F)(F)F)n1C.Cl. The first-order chi connectivity index (χ1) is 9.93. The largest absolute Gasteiger partial charge is 0.416 e. The Morgan fingerprint density at radius 3 is 2.55 bits per heavy atom. The molecule has 9 heteroatoms. The van der Waals surface area contributed by atoms with Gasteiger partial charge in [-0.3, -0.25) is 0 Å². The van der Waals surface area contributed by atoms with Gasteiger partial charge in [0.2, 0.25) is 0 Å². The van der Waals surface area contributed by atoms with Crippen molar-refractivity contribution >= 4 is 24.2 Å². The highest BCUT2D eigenvalue weighted by Gasteiger charge is 2.32. The molecule has 0 atom stereocenters. The number of alkyl halides is 3. The Morgan fingerprint density at radius 1 is 1.23 bits per heavy atom. The summed E-state index contributed by atoms with van der Waals surface area (Å²) in [6, 6.07) is 5.58. The summed E-state index contributed by atoms with van der Waals surface area (Å²) >= 11 is 1.24. The number of rotatable bonds is 5. The van der Waals surface area contributed by atoms with Gasteiger partial charge in [0.25, 0.3) is 0 Å². The average molecular weight is 353 g/mol. The van der Waals surface area contributed by atoms with Crippen LogP contribution in [-0.2, 0) is 25.5 Å². The quantitative estimate of drug-likeness (QED) is 0.839. The van der Waals surface area contributed by atoms with Crippen LogP contribution in [0, 0.1) is 0 Å². The van der Waals surface area contributed by atoms with Gasteiger partial charge in [0.15, 0.2) is 5.16 Å². The second kappa shape index (κ2) is 7.85. The van der Waals surface area contributed by atoms with Crippen LogP contribution in [0.4, 0.5) is 13.2 Å². The van der Waals surface area contributed by atoms with Crippen molar-refractivity contribution < 1.29 is 13.2 Å². The number of hydrogen-bond donors (Lipinski definition) is 1. The Balaban J connectivity index is 0.00000242. The summed E-state index contributed by atoms with van der Waals surface area (Å²) in [5, 5.41) is 11.5. The zero-order chi connectivity index (χ0) is 15.5. The number of aromatic nitrogens is 3. The molecule has 0 saturated heterocycles. The number of hydrogen-bond acceptors (Lipinski definition) is 4. The van der Waals surface area contributed by atoms with Crippen LogP contribution in [0.25, 0.3) is 0 Å². The first-order valence-electron chi connectivity index (χ1n) is 6.24. The lowest BCUT2D eigenvalue weighted by Gasteiger charge is -2.12. The van der Waals surface area contributed by atoms with E-state index in [1.165, 1.54) is 23.9 Å². The maximum atomic E-state index is 12.9. The van der Waals surface area contributed by atoms with E-state index in [4.69, 9.17) is 0 Å². The maximum Gasteiger partial charge on any atom is 0.416 e. The van der Waals surface area contributed by atoms with Gasteiger partial charge < -0.3 is 9.88 Å². The summed E-state index contributed by atoms with van der Waals surface area (Å²) < 4.78 is 40.5. The number of thioether (sulfide) groups is 1. The second-order valence-electron chi connectivity index (χ2n) is 4.43. The van der Waals surface area contributed by atoms with E-state index in [0.717, 1.165) is 11.9 Å². The minimum absolute atomic E-state index is 0. The minimum Gasteiger partial charge on any atom is -0.313 e. The molecule has 22 heavy (non-hydrogen) atoms. The molecule has 0 radical (unpaired) electrons. The van der Waals surface area contributed by atoms with Crippen molar-refractivity contribution in [1.29, 1.82) is 0 Å². The van der Waals surface area contributed by atoms with Gasteiger partial charge in [-0.05, 0) is 18.7 Å². The Hall–Kier alpha value is -1.25. The van der Waals surface area contributed by atoms with Crippen LogP contribution in [0.15, 0.2) is 29.4 Å². The molecular weight excluding hydrogens is 337 g/mol. The first-order valence-corrected chi connectivity index (χ1v) is 7.22. The van der Waals surface area contributed by atoms with Crippen LogP contribution >= 0.6 is 24.2 Å². The summed E-state index contributed by atoms with van der Waals surface area (Å²) in [5.74, 6) is 0.936. The van der Waals surface area contributed by atoms with E-state index in [1.54, 1.807) is 24.7 Å². The third-order valence-corrected chi connectivity index (χ3v) is 4.01. The van der Waals surface area contributed by atoms with Gasteiger partial charge in [-0.1, -0.05) is 30.0 Å². The van der Waals surface area contributed by atoms with Crippen molar-refractivity contribution in [3.63, 3.8) is 0 Å². The summed E-state index contributed by atoms with van der Waals surface area (Å²) in [5.41, 5.74) is -0.358. The van der Waals surface area contributed by atoms with Gasteiger partial charge in [-0.2, -0.15) is 13.2 Å². The number of halogens is 4. The third kappa shape index (κ3) is 4.37. The zero-order valence-corrected chi connectivity index (χ0v) is 13.6. The van der Waals surface area contributed by atoms with Gasteiger partial charge in [0.05, 0.1) is 12.1 Å². The summed E-state index contributed by atoms with van der Waals surface area (Å²) in [4.78, 5) is 0. The molecule has 0 fully saturated rings. The van der Waals surface area contributed by atoms with Crippen LogP contribution in [0.5, 0.6) is 0 Å². The fraction of sp³-hybridized carbons (Fsp3) is 0.385. The molecule has 0 unspecified atom stereocenters. The lowest BCUT2D eigenvalue weighted by atomic mass is 10.1. The summed E-state index contributed by atoms with van der Waals surface area (Å²) in [6.07, 6.45) is -4.34. The maximum absolute atomic E-state index is 12.9. The predicted molar refractivity (Wildman–Crippen MR) is 82.0 cm³/mol. The van der Waals surface area contributed by atoms with Gasteiger partial charge >= 0.3 is 6.18 Å². The van der Waals surface area contributed by atoms with Gasteiger partial charge in [-0.25, -0.2) is 0 Å². The molecule has 4 nitrogen and oxygen atoms in total. The fourth-order valence-electron chi connectivity index (χ4n) is 1.85. The zero-order valence-electron chi connectivity index (χ0n) is 12.0. The van der Waals surface area contributed by atoms with E-state index >= 15 is 0 Å². The standard InChI is InChI=1S/C13H15F3N4S.ClH/c1-17-7-11-18-19-12(20(11)2)21-8-9-5-3-4-6-10(9)13(14,15)16;/h3-6,17H,7-8H2,1-2H3;1H. The topological polar surface area (TPSA) is 42.7 Å². The number of benzene rings is 1. The third-order valence-electron chi connectivity index (χ3n) is 2.94. The van der Waals surface area contributed by atoms with Crippen LogP contribution < -0.4 is 5.32 Å². The molecule has 122 valence electrons. The van der Waals surface area contributed by atoms with Gasteiger partial charge in [0, 0.05) is 12.8 Å². The van der Waals surface area contributed by atoms with E-state index in [0.29, 0.717) is 11.7 Å². The van der Waals surface area contributed by atoms with Crippen molar-refractivity contribution in [2.75, 3.05) is 7.05 Å². The molecule has 0 spiro atoms. The predicted octanol–water partition coefficient (Wildman–Crippen LogP) is 3.27. The van der Waals surface area contributed by atoms with E-state index in [2.05, 4.69) is 15.5 Å². The van der Waals surface area contributed by atoms with Crippen LogP contribution in [-0.4, -0.2) is 21.8 Å². The molecule has 2 aromatic rings. The molecule has 0 aliphatic rings. The summed E-state index contributed by atoms with van der Waals surface area (Å²) in [6.45, 7) is 0.559. The van der Waals surface area contributed by atoms with Crippen molar-refractivity contribution in [3.05, 3.63) is 41.2 Å². The molecule has 1 heterocycles. The van der Waals surface area contributed by atoms with Crippen molar-refractivity contribution in [2.24, 2.45) is 7.05 Å². The lowest BCUT2D eigenvalue weighted by Crippen LogP contribution is -2.10. The molecule has 1 aromatic heterocycles. The molecule has 0 aliphatic heterocycles. The smallest absolute Gasteiger partial charge is 0.313 e. The normalized spacial score (nSPS) is 11.3. The molecule has 0 saturated carbocycles. The van der Waals surface area contributed by atoms with Crippen LogP contribution in [0.1, 0.15) is 17.0 Å². The van der Waals surface area contributed by atoms with E-state index in [9.17, 15) is 13.2 Å². The molecule has 1 N–H and O–H groups in total. The monoisotopic (exact) mass is 352 g/mol. The second-order valence-corrected chi connectivity index (χ2v) is 5.37. The Morgan fingerprint density at radius 2 is 1.91 bits per heavy atom. The highest BCUT2D eigenvalue weighted by molar-refractivity contribution is 7.98. The Labute approximate surface area is 136 Å². The molecule has 0 bridgehead atoms. The number of nitrogens with zero attached hydrogens (tertiary/aromatic N) is 3. The highest BCUT2D eigenvalue weighted by atomic mass is 35.5. The Bertz CT molecular complexity index is 616. The van der Waals surface area contributed by atoms with Gasteiger partial charge in [-0.15, -0.1) is 22.6 Å². The van der Waals surface area contributed by atoms with Crippen molar-refractivity contribution in [3.8, 4) is 0 Å². The van der Waals surface area contributed by atoms with Crippen LogP contribution in [0.2, 0.25) is 0 Å². The molecular formula is C13H16ClF3N4S. The summed E-state index contributed by atoms with van der Waals surface area (Å²) in [7, 11) is 3.59. The number of nitrogens with one attached hydrogen (secondary N) is 1. The molecule has 2 rings (SSSR count). The van der Waals surface area contributed by atoms with E-state index in [-0.39, 0.29) is 23.7 Å². The highest BCUT2D eigenvalue weighted by Crippen LogP contribution is 2.34. The van der Waals surface area contributed by atoms with E-state index in [1.807, 2.05) is 0 Å². The first kappa shape index (κ1) is 18.8. The fourth-order valence-corrected chi connectivity index (χ4v) is 2.78. The minimum atomic E-state index is -4.34. The average Bonchev–Trinajstić information content (AvgIpc) is 2.77. The molecule has 0 amide bonds. The lowest BCUT2D eigenvalue weighted by molar-refractivity contribution is -0.138. The van der Waals surface area contributed by atoms with E-state index < -0.39 is 11.7 Å². The van der Waals surface area contributed by atoms with Crippen molar-refractivity contribution in [2.45, 2.75) is 23.6 Å². The molecule has 0 aliphatic carbocycles.